The highest BCUT2D eigenvalue weighted by Gasteiger charge is 2.23. The van der Waals surface area contributed by atoms with Gasteiger partial charge in [-0.15, -0.1) is 0 Å². The van der Waals surface area contributed by atoms with Crippen molar-refractivity contribution < 1.29 is 0 Å². The molecule has 2 unspecified atom stereocenters. The minimum atomic E-state index is 0.335. The lowest BCUT2D eigenvalue weighted by Crippen LogP contribution is -2.18. The van der Waals surface area contributed by atoms with Crippen LogP contribution in [0.4, 0.5) is 5.82 Å². The number of halogens is 1. The van der Waals surface area contributed by atoms with Crippen LogP contribution in [0.5, 0.6) is 0 Å². The van der Waals surface area contributed by atoms with E-state index >= 15 is 0 Å². The minimum absolute atomic E-state index is 0.335. The van der Waals surface area contributed by atoms with Gasteiger partial charge in [0.2, 0.25) is 0 Å². The molecule has 1 N–H and O–H groups in total. The van der Waals surface area contributed by atoms with Gasteiger partial charge in [0, 0.05) is 12.1 Å². The van der Waals surface area contributed by atoms with Gasteiger partial charge in [0.1, 0.15) is 17.3 Å². The maximum absolute atomic E-state index is 6.16. The Labute approximate surface area is 114 Å². The Morgan fingerprint density at radius 2 is 2.17 bits per heavy atom. The third-order valence-corrected chi connectivity index (χ3v) is 4.28. The molecule has 0 aliphatic heterocycles. The highest BCUT2D eigenvalue weighted by Crippen LogP contribution is 2.32. The Morgan fingerprint density at radius 1 is 1.39 bits per heavy atom. The molecular formula is C14H22ClN3. The second-order valence-corrected chi connectivity index (χ2v) is 5.99. The van der Waals surface area contributed by atoms with Crippen molar-refractivity contribution >= 4 is 17.4 Å². The Hall–Kier alpha value is -0.830. The molecule has 0 radical (unpaired) electrons. The van der Waals surface area contributed by atoms with E-state index in [2.05, 4.69) is 36.1 Å². The number of nitrogens with one attached hydrogen (secondary N) is 1. The van der Waals surface area contributed by atoms with Gasteiger partial charge in [-0.3, -0.25) is 0 Å². The normalized spacial score (nSPS) is 23.6. The minimum Gasteiger partial charge on any atom is -0.369 e. The van der Waals surface area contributed by atoms with Gasteiger partial charge in [-0.25, -0.2) is 9.97 Å². The lowest BCUT2D eigenvalue weighted by molar-refractivity contribution is 0.439. The molecule has 1 aliphatic rings. The summed E-state index contributed by atoms with van der Waals surface area (Å²) < 4.78 is 0. The van der Waals surface area contributed by atoms with Crippen LogP contribution in [0.25, 0.3) is 0 Å². The van der Waals surface area contributed by atoms with Crippen LogP contribution in [-0.2, 0) is 0 Å². The Morgan fingerprint density at radius 3 is 2.78 bits per heavy atom. The summed E-state index contributed by atoms with van der Waals surface area (Å²) in [5.41, 5.74) is 1.03. The molecule has 18 heavy (non-hydrogen) atoms. The molecule has 3 nitrogen and oxygen atoms in total. The van der Waals surface area contributed by atoms with Crippen molar-refractivity contribution in [3.63, 3.8) is 0 Å². The molecule has 1 heterocycles. The van der Waals surface area contributed by atoms with Gasteiger partial charge < -0.3 is 5.32 Å². The van der Waals surface area contributed by atoms with Crippen molar-refractivity contribution in [1.29, 1.82) is 0 Å². The van der Waals surface area contributed by atoms with E-state index in [1.165, 1.54) is 25.6 Å². The van der Waals surface area contributed by atoms with Crippen molar-refractivity contribution in [2.75, 3.05) is 11.9 Å². The molecule has 0 spiro atoms. The average molecular weight is 268 g/mol. The largest absolute Gasteiger partial charge is 0.369 e. The molecule has 4 heteroatoms. The molecule has 0 amide bonds. The first kappa shape index (κ1) is 13.6. The fraction of sp³-hybridized carbons (Fsp3) is 0.714. The fourth-order valence-electron chi connectivity index (χ4n) is 2.78. The molecule has 0 saturated heterocycles. The number of anilines is 1. The zero-order valence-corrected chi connectivity index (χ0v) is 12.2. The summed E-state index contributed by atoms with van der Waals surface area (Å²) in [6.45, 7) is 7.58. The van der Waals surface area contributed by atoms with E-state index < -0.39 is 0 Å². The maximum Gasteiger partial charge on any atom is 0.138 e. The first-order valence-corrected chi connectivity index (χ1v) is 7.21. The number of rotatable bonds is 4. The summed E-state index contributed by atoms with van der Waals surface area (Å²) >= 11 is 6.16. The third-order valence-electron chi connectivity index (χ3n) is 3.98. The predicted octanol–water partition coefficient (Wildman–Crippen LogP) is 4.10. The van der Waals surface area contributed by atoms with E-state index in [4.69, 9.17) is 11.6 Å². The van der Waals surface area contributed by atoms with Crippen LogP contribution in [0.2, 0.25) is 5.15 Å². The van der Waals surface area contributed by atoms with Gasteiger partial charge in [0.05, 0.1) is 0 Å². The SMILES string of the molecule is CC(C)c1c(Cl)ncnc1NCC1CCCC1C. The van der Waals surface area contributed by atoms with Crippen molar-refractivity contribution in [2.24, 2.45) is 11.8 Å². The highest BCUT2D eigenvalue weighted by atomic mass is 35.5. The van der Waals surface area contributed by atoms with Gasteiger partial charge in [0.25, 0.3) is 0 Å². The predicted molar refractivity (Wildman–Crippen MR) is 76.1 cm³/mol. The number of nitrogens with zero attached hydrogens (tertiary/aromatic N) is 2. The molecule has 100 valence electrons. The molecule has 1 aromatic rings. The molecule has 1 aromatic heterocycles. The van der Waals surface area contributed by atoms with E-state index in [-0.39, 0.29) is 0 Å². The number of hydrogen-bond acceptors (Lipinski definition) is 3. The van der Waals surface area contributed by atoms with Gasteiger partial charge in [0.15, 0.2) is 0 Å². The quantitative estimate of drug-likeness (QED) is 0.835. The topological polar surface area (TPSA) is 37.8 Å². The average Bonchev–Trinajstić information content (AvgIpc) is 2.71. The van der Waals surface area contributed by atoms with Crippen molar-refractivity contribution in [1.82, 2.24) is 9.97 Å². The summed E-state index contributed by atoms with van der Waals surface area (Å²) in [5.74, 6) is 2.82. The van der Waals surface area contributed by atoms with E-state index in [9.17, 15) is 0 Å². The zero-order valence-electron chi connectivity index (χ0n) is 11.4. The first-order chi connectivity index (χ1) is 8.59. The summed E-state index contributed by atoms with van der Waals surface area (Å²) in [6.07, 6.45) is 5.57. The molecule has 1 fully saturated rings. The van der Waals surface area contributed by atoms with Crippen molar-refractivity contribution in [2.45, 2.75) is 46.0 Å². The standard InChI is InChI=1S/C14H22ClN3/c1-9(2)12-13(15)17-8-18-14(12)16-7-11-6-4-5-10(11)3/h8-11H,4-7H2,1-3H3,(H,16,17,18). The molecular weight excluding hydrogens is 246 g/mol. The molecule has 2 rings (SSSR count). The lowest BCUT2D eigenvalue weighted by Gasteiger charge is -2.19. The van der Waals surface area contributed by atoms with Crippen molar-refractivity contribution in [3.05, 3.63) is 17.0 Å². The fourth-order valence-corrected chi connectivity index (χ4v) is 3.13. The Bertz CT molecular complexity index is 406. The van der Waals surface area contributed by atoms with E-state index in [1.807, 2.05) is 0 Å². The summed E-state index contributed by atoms with van der Waals surface area (Å²) in [4.78, 5) is 8.41. The van der Waals surface area contributed by atoms with Gasteiger partial charge in [-0.1, -0.05) is 45.2 Å². The second-order valence-electron chi connectivity index (χ2n) is 5.63. The van der Waals surface area contributed by atoms with Gasteiger partial charge in [-0.2, -0.15) is 0 Å². The second kappa shape index (κ2) is 5.87. The molecule has 2 atom stereocenters. The smallest absolute Gasteiger partial charge is 0.138 e. The van der Waals surface area contributed by atoms with E-state index in [0.29, 0.717) is 11.1 Å². The lowest BCUT2D eigenvalue weighted by atomic mass is 9.98. The third kappa shape index (κ3) is 2.94. The molecule has 0 bridgehead atoms. The summed E-state index contributed by atoms with van der Waals surface area (Å²) in [7, 11) is 0. The van der Waals surface area contributed by atoms with Crippen molar-refractivity contribution in [3.8, 4) is 0 Å². The Kier molecular flexibility index (Phi) is 4.44. The first-order valence-electron chi connectivity index (χ1n) is 6.83. The molecule has 0 aromatic carbocycles. The van der Waals surface area contributed by atoms with Crippen LogP contribution in [0.15, 0.2) is 6.33 Å². The van der Waals surface area contributed by atoms with Crippen LogP contribution in [0.3, 0.4) is 0 Å². The zero-order chi connectivity index (χ0) is 13.1. The highest BCUT2D eigenvalue weighted by molar-refractivity contribution is 6.30. The van der Waals surface area contributed by atoms with Crippen LogP contribution >= 0.6 is 11.6 Å². The number of aromatic nitrogens is 2. The summed E-state index contributed by atoms with van der Waals surface area (Å²) in [5, 5.41) is 4.04. The van der Waals surface area contributed by atoms with Crippen LogP contribution < -0.4 is 5.32 Å². The van der Waals surface area contributed by atoms with Crippen LogP contribution in [0.1, 0.15) is 51.5 Å². The molecule has 1 saturated carbocycles. The van der Waals surface area contributed by atoms with E-state index in [0.717, 1.165) is 29.8 Å². The Balaban J connectivity index is 2.07. The van der Waals surface area contributed by atoms with Gasteiger partial charge in [-0.05, 0) is 24.2 Å². The van der Waals surface area contributed by atoms with Crippen LogP contribution in [-0.4, -0.2) is 16.5 Å². The van der Waals surface area contributed by atoms with E-state index in [1.54, 1.807) is 0 Å². The van der Waals surface area contributed by atoms with Gasteiger partial charge >= 0.3 is 0 Å². The number of hydrogen-bond donors (Lipinski definition) is 1. The summed E-state index contributed by atoms with van der Waals surface area (Å²) in [6, 6.07) is 0. The molecule has 1 aliphatic carbocycles. The monoisotopic (exact) mass is 267 g/mol. The van der Waals surface area contributed by atoms with Crippen LogP contribution in [0, 0.1) is 11.8 Å². The maximum atomic E-state index is 6.16.